The van der Waals surface area contributed by atoms with Crippen molar-refractivity contribution in [1.82, 2.24) is 29.7 Å². The molecule has 4 N–H and O–H groups in total. The first-order valence-electron chi connectivity index (χ1n) is 13.6. The minimum atomic E-state index is -1.00. The van der Waals surface area contributed by atoms with E-state index in [4.69, 9.17) is 7.10 Å². The molecule has 0 saturated carbocycles. The van der Waals surface area contributed by atoms with Gasteiger partial charge in [0.25, 0.3) is 16.8 Å². The van der Waals surface area contributed by atoms with E-state index in [1.165, 1.54) is 35.4 Å². The van der Waals surface area contributed by atoms with Crippen LogP contribution in [0, 0.1) is 17.5 Å². The fourth-order valence-electron chi connectivity index (χ4n) is 4.73. The van der Waals surface area contributed by atoms with Crippen LogP contribution in [0.2, 0.25) is 0 Å². The molecule has 2 aromatic heterocycles. The van der Waals surface area contributed by atoms with Gasteiger partial charge in [-0.1, -0.05) is 0 Å². The summed E-state index contributed by atoms with van der Waals surface area (Å²) in [6, 6.07) is 7.06. The van der Waals surface area contributed by atoms with Gasteiger partial charge in [-0.15, -0.1) is 0 Å². The third-order valence-corrected chi connectivity index (χ3v) is 6.88. The second kappa shape index (κ2) is 15.7. The summed E-state index contributed by atoms with van der Waals surface area (Å²) in [5.74, 6) is -1.77. The van der Waals surface area contributed by atoms with E-state index in [-0.39, 0.29) is 71.1 Å². The molecule has 2 atom stereocenters. The average molecular weight is 733 g/mol. The Morgan fingerprint density at radius 3 is 1.76 bits per heavy atom. The van der Waals surface area contributed by atoms with E-state index in [0.29, 0.717) is 28.5 Å². The summed E-state index contributed by atoms with van der Waals surface area (Å²) in [5, 5.41) is 15.6. The van der Waals surface area contributed by atoms with Crippen LogP contribution in [0.5, 0.6) is 0 Å². The van der Waals surface area contributed by atoms with E-state index >= 15 is 0 Å². The number of alkyl halides is 1. The van der Waals surface area contributed by atoms with Crippen molar-refractivity contribution in [3.05, 3.63) is 87.3 Å². The Kier molecular flexibility index (Phi) is 12.0. The molecule has 46 heavy (non-hydrogen) atoms. The Labute approximate surface area is 275 Å². The van der Waals surface area contributed by atoms with Crippen molar-refractivity contribution in [3.8, 4) is 0 Å². The number of nitrogen functional groups attached to an aromatic ring is 1. The van der Waals surface area contributed by atoms with Gasteiger partial charge in [0.15, 0.2) is 0 Å². The maximum Gasteiger partial charge on any atom is 0.270 e. The molecular formula is C28H30FN8O8Pd-. The molecular weight excluding hydrogens is 702 g/mol. The Bertz CT molecular complexity index is 1980. The Morgan fingerprint density at radius 1 is 0.891 bits per heavy atom. The number of benzene rings is 2. The Hall–Kier alpha value is -5.21. The first-order valence-corrected chi connectivity index (χ1v) is 12.9. The van der Waals surface area contributed by atoms with Crippen LogP contribution in [-0.4, -0.2) is 54.8 Å². The number of carbonyl (C=O) groups excluding carboxylic acids is 4. The van der Waals surface area contributed by atoms with Crippen LogP contribution in [0.3, 0.4) is 0 Å². The van der Waals surface area contributed by atoms with Crippen molar-refractivity contribution in [2.45, 2.75) is 37.8 Å². The standard InChI is InChI=1S/C13H10N4O5.C13H12N4O3.CH3F.CH3.Pd.H2/c18-11-4-3-10(12(19)15-11)16-6-14-9-2-1-7(17(21)22)5-8(9)13(16)20;14-7-1-2-9-8(5-7)13(20)17(6-15-9)10-3-4-11(18)16-12(10)19;1-2;;;/h1-2,5-6,10H,3-4H2,(H,15,18,19);1-2,5-6,10H,3-4,14H2,(H,16,18,19);1H3;1H3;;1H/q;;;-1;;/i;;1D;;;. The molecule has 2 aliphatic rings. The number of carbonyl (C=O) groups is 4. The first kappa shape index (κ1) is 35.3. The van der Waals surface area contributed by atoms with Gasteiger partial charge in [0.2, 0.25) is 23.6 Å². The van der Waals surface area contributed by atoms with Gasteiger partial charge in [-0.05, 0) is 37.1 Å². The molecule has 2 aromatic carbocycles. The Morgan fingerprint density at radius 2 is 1.33 bits per heavy atom. The molecule has 4 heterocycles. The number of amides is 4. The van der Waals surface area contributed by atoms with Gasteiger partial charge in [-0.2, -0.15) is 0 Å². The summed E-state index contributed by atoms with van der Waals surface area (Å²) >= 11 is 0. The van der Waals surface area contributed by atoms with Crippen molar-refractivity contribution < 1.29 is 51.7 Å². The first-order chi connectivity index (χ1) is 21.4. The van der Waals surface area contributed by atoms with E-state index in [1.54, 1.807) is 12.1 Å². The Balaban J connectivity index is 0.000000421. The number of imide groups is 2. The van der Waals surface area contributed by atoms with Gasteiger partial charge in [-0.3, -0.25) is 63.0 Å². The molecule has 2 aliphatic heterocycles. The molecule has 16 nitrogen and oxygen atoms in total. The van der Waals surface area contributed by atoms with Gasteiger partial charge in [0.05, 0.1) is 47.9 Å². The number of nitrogens with two attached hydrogens (primary N) is 1. The molecule has 0 bridgehead atoms. The molecule has 18 heteroatoms. The summed E-state index contributed by atoms with van der Waals surface area (Å²) in [6.07, 6.45) is 3.36. The van der Waals surface area contributed by atoms with Crippen LogP contribution in [0.4, 0.5) is 15.8 Å². The molecule has 2 saturated heterocycles. The predicted octanol–water partition coefficient (Wildman–Crippen LogP) is 1.52. The van der Waals surface area contributed by atoms with Crippen LogP contribution in [0.1, 0.15) is 40.6 Å². The molecule has 0 aliphatic carbocycles. The maximum absolute atomic E-state index is 12.5. The fraction of sp³-hybridized carbons (Fsp3) is 0.250. The number of aromatic nitrogens is 4. The zero-order valence-corrected chi connectivity index (χ0v) is 25.6. The van der Waals surface area contributed by atoms with Crippen molar-refractivity contribution in [3.63, 3.8) is 0 Å². The van der Waals surface area contributed by atoms with Crippen LogP contribution < -0.4 is 27.5 Å². The minimum Gasteiger partial charge on any atom is -0.399 e. The molecule has 248 valence electrons. The number of nitrogens with zero attached hydrogens (tertiary/aromatic N) is 5. The number of rotatable bonds is 3. The predicted molar refractivity (Wildman–Crippen MR) is 161 cm³/mol. The van der Waals surface area contributed by atoms with Gasteiger partial charge >= 0.3 is 0 Å². The topological polar surface area (TPSA) is 231 Å². The second-order valence-corrected chi connectivity index (χ2v) is 9.58. The molecule has 6 rings (SSSR count). The molecule has 0 radical (unpaired) electrons. The van der Waals surface area contributed by atoms with Crippen LogP contribution in [0.25, 0.3) is 21.8 Å². The van der Waals surface area contributed by atoms with Crippen molar-refractivity contribution >= 4 is 56.8 Å². The van der Waals surface area contributed by atoms with Gasteiger partial charge in [-0.25, -0.2) is 9.97 Å². The molecule has 0 spiro atoms. The quantitative estimate of drug-likeness (QED) is 0.0683. The largest absolute Gasteiger partial charge is 0.399 e. The molecule has 2 fully saturated rings. The van der Waals surface area contributed by atoms with Crippen LogP contribution >= 0.6 is 0 Å². The van der Waals surface area contributed by atoms with Crippen molar-refractivity contribution in [2.24, 2.45) is 0 Å². The fourth-order valence-corrected chi connectivity index (χ4v) is 4.73. The number of piperidine rings is 2. The SMILES string of the molecule is Nc1ccc2ncn(C3CCC(=O)NC3=O)c(=O)c2c1.O=C1CCC(n2cnc3ccc([N+](=O)[O-])cc3c2=O)C(=O)N1.[2H]CF.[CH3-].[HH].[Pd]. The molecule has 2 unspecified atom stereocenters. The number of hydrogen-bond acceptors (Lipinski definition) is 11. The van der Waals surface area contributed by atoms with E-state index in [9.17, 15) is 43.3 Å². The molecule has 4 amide bonds. The van der Waals surface area contributed by atoms with Crippen LogP contribution in [-0.2, 0) is 39.6 Å². The minimum absolute atomic E-state index is 0. The summed E-state index contributed by atoms with van der Waals surface area (Å²) < 4.78 is 17.9. The maximum atomic E-state index is 12.5. The third-order valence-electron chi connectivity index (χ3n) is 6.88. The summed E-state index contributed by atoms with van der Waals surface area (Å²) in [4.78, 5) is 89.2. The summed E-state index contributed by atoms with van der Waals surface area (Å²) in [6.45, 7) is 0. The van der Waals surface area contributed by atoms with Crippen molar-refractivity contribution in [1.29, 1.82) is 0 Å². The van der Waals surface area contributed by atoms with E-state index < -0.39 is 47.4 Å². The number of non-ortho nitro benzene ring substituents is 1. The second-order valence-electron chi connectivity index (χ2n) is 9.58. The normalized spacial score (nSPS) is 17.5. The van der Waals surface area contributed by atoms with Crippen molar-refractivity contribution in [2.75, 3.05) is 12.9 Å². The molecule has 4 aromatic rings. The van der Waals surface area contributed by atoms with E-state index in [0.717, 1.165) is 10.6 Å². The third kappa shape index (κ3) is 7.71. The van der Waals surface area contributed by atoms with Crippen LogP contribution in [0.15, 0.2) is 58.6 Å². The smallest absolute Gasteiger partial charge is 0.270 e. The number of anilines is 1. The number of nitro benzene ring substituents is 1. The number of fused-ring (bicyclic) bond motifs is 2. The zero-order valence-electron chi connectivity index (χ0n) is 25.1. The monoisotopic (exact) mass is 732 g/mol. The zero-order chi connectivity index (χ0) is 32.8. The average Bonchev–Trinajstić information content (AvgIpc) is 2.99. The van der Waals surface area contributed by atoms with Gasteiger partial charge < -0.3 is 13.2 Å². The summed E-state index contributed by atoms with van der Waals surface area (Å²) in [5.41, 5.74) is 5.83. The van der Waals surface area contributed by atoms with E-state index in [1.807, 2.05) is 0 Å². The number of hydrogen-bond donors (Lipinski definition) is 3. The van der Waals surface area contributed by atoms with Gasteiger partial charge in [0.1, 0.15) is 12.1 Å². The van der Waals surface area contributed by atoms with Gasteiger partial charge in [0, 0.05) is 52.5 Å². The number of halogens is 1. The number of nitrogens with one attached hydrogen (secondary N) is 2. The van der Waals surface area contributed by atoms with E-state index in [2.05, 4.69) is 20.6 Å². The summed E-state index contributed by atoms with van der Waals surface area (Å²) in [7, 11) is -1.00. The number of nitro groups is 1.